The molecule has 96 valence electrons. The molecule has 0 radical (unpaired) electrons. The molecular weight excluding hydrogens is 232 g/mol. The van der Waals surface area contributed by atoms with E-state index >= 15 is 0 Å². The molecule has 0 heterocycles. The highest BCUT2D eigenvalue weighted by molar-refractivity contribution is 7.86. The fourth-order valence-electron chi connectivity index (χ4n) is 1.05. The second kappa shape index (κ2) is 5.63. The third-order valence-electron chi connectivity index (χ3n) is 1.51. The van der Waals surface area contributed by atoms with Crippen molar-refractivity contribution in [1.82, 2.24) is 0 Å². The molecule has 0 aromatic carbocycles. The maximum atomic E-state index is 11.6. The molecule has 0 aromatic rings. The molecule has 0 aromatic heterocycles. The maximum Gasteiger partial charge on any atom is 0.337 e. The van der Waals surface area contributed by atoms with E-state index in [1.54, 1.807) is 20.8 Å². The number of ether oxygens (including phenoxy) is 1. The molecule has 0 fully saturated rings. The van der Waals surface area contributed by atoms with E-state index in [0.29, 0.717) is 12.8 Å². The summed E-state index contributed by atoms with van der Waals surface area (Å²) in [7, 11) is -3.65. The second-order valence-electron chi connectivity index (χ2n) is 4.61. The highest BCUT2D eigenvalue weighted by atomic mass is 32.2. The number of esters is 1. The van der Waals surface area contributed by atoms with Crippen LogP contribution in [0.25, 0.3) is 0 Å². The fourth-order valence-corrected chi connectivity index (χ4v) is 1.64. The molecule has 1 unspecified atom stereocenters. The molecule has 16 heavy (non-hydrogen) atoms. The van der Waals surface area contributed by atoms with Crippen molar-refractivity contribution in [2.24, 2.45) is 0 Å². The Kier molecular flexibility index (Phi) is 5.41. The van der Waals surface area contributed by atoms with Gasteiger partial charge in [0.2, 0.25) is 0 Å². The Balaban J connectivity index is 4.60. The van der Waals surface area contributed by atoms with E-state index < -0.39 is 27.8 Å². The Morgan fingerprint density at radius 2 is 1.81 bits per heavy atom. The van der Waals surface area contributed by atoms with Gasteiger partial charge < -0.3 is 4.74 Å². The molecule has 0 aliphatic rings. The molecule has 1 atom stereocenters. The van der Waals surface area contributed by atoms with Gasteiger partial charge in [-0.1, -0.05) is 13.3 Å². The van der Waals surface area contributed by atoms with Gasteiger partial charge in [-0.05, 0) is 27.2 Å². The van der Waals surface area contributed by atoms with E-state index in [0.717, 1.165) is 6.26 Å². The quantitative estimate of drug-likeness (QED) is 0.547. The minimum Gasteiger partial charge on any atom is -0.458 e. The monoisotopic (exact) mass is 252 g/mol. The first kappa shape index (κ1) is 15.4. The molecule has 0 saturated carbocycles. The van der Waals surface area contributed by atoms with Gasteiger partial charge in [0, 0.05) is 0 Å². The summed E-state index contributed by atoms with van der Waals surface area (Å²) in [5, 5.41) is 0. The smallest absolute Gasteiger partial charge is 0.337 e. The standard InChI is InChI=1S/C10H20O5S/c1-6-7-8(15-16(5,12)13)9(11)14-10(2,3)4/h8H,6-7H2,1-5H3. The number of carbonyl (C=O) groups excluding carboxylic acids is 1. The first-order chi connectivity index (χ1) is 7.05. The van der Waals surface area contributed by atoms with Crippen molar-refractivity contribution >= 4 is 16.1 Å². The summed E-state index contributed by atoms with van der Waals surface area (Å²) in [5.41, 5.74) is -0.649. The Labute approximate surface area is 97.2 Å². The van der Waals surface area contributed by atoms with Crippen LogP contribution in [0.15, 0.2) is 0 Å². The average molecular weight is 252 g/mol. The topological polar surface area (TPSA) is 69.7 Å². The van der Waals surface area contributed by atoms with Crippen LogP contribution in [0.3, 0.4) is 0 Å². The van der Waals surface area contributed by atoms with Crippen molar-refractivity contribution in [3.63, 3.8) is 0 Å². The van der Waals surface area contributed by atoms with E-state index in [-0.39, 0.29) is 0 Å². The van der Waals surface area contributed by atoms with Crippen molar-refractivity contribution in [2.75, 3.05) is 6.26 Å². The second-order valence-corrected chi connectivity index (χ2v) is 6.21. The minimum atomic E-state index is -3.65. The molecule has 5 nitrogen and oxygen atoms in total. The lowest BCUT2D eigenvalue weighted by Crippen LogP contribution is -2.34. The predicted molar refractivity (Wildman–Crippen MR) is 60.5 cm³/mol. The Morgan fingerprint density at radius 1 is 1.31 bits per heavy atom. The minimum absolute atomic E-state index is 0.321. The van der Waals surface area contributed by atoms with E-state index in [9.17, 15) is 13.2 Å². The summed E-state index contributed by atoms with van der Waals surface area (Å²) in [5.74, 6) is -0.639. The fraction of sp³-hybridized carbons (Fsp3) is 0.900. The molecule has 0 bridgehead atoms. The number of hydrogen-bond acceptors (Lipinski definition) is 5. The van der Waals surface area contributed by atoms with E-state index in [1.807, 2.05) is 6.92 Å². The van der Waals surface area contributed by atoms with Crippen molar-refractivity contribution in [1.29, 1.82) is 0 Å². The first-order valence-corrected chi connectivity index (χ1v) is 6.98. The van der Waals surface area contributed by atoms with Gasteiger partial charge in [0.05, 0.1) is 6.26 Å². The third-order valence-corrected chi connectivity index (χ3v) is 2.09. The molecule has 0 aliphatic carbocycles. The summed E-state index contributed by atoms with van der Waals surface area (Å²) < 4.78 is 31.7. The largest absolute Gasteiger partial charge is 0.458 e. The SMILES string of the molecule is CCCC(OS(C)(=O)=O)C(=O)OC(C)(C)C. The number of hydrogen-bond donors (Lipinski definition) is 0. The molecule has 0 rings (SSSR count). The molecule has 0 amide bonds. The van der Waals surface area contributed by atoms with Crippen LogP contribution in [-0.4, -0.2) is 32.3 Å². The Hall–Kier alpha value is -0.620. The summed E-state index contributed by atoms with van der Waals surface area (Å²) in [6, 6.07) is 0. The van der Waals surface area contributed by atoms with Crippen LogP contribution in [0.5, 0.6) is 0 Å². The zero-order valence-corrected chi connectivity index (χ0v) is 11.3. The lowest BCUT2D eigenvalue weighted by Gasteiger charge is -2.23. The van der Waals surface area contributed by atoms with Crippen LogP contribution in [0, 0.1) is 0 Å². The predicted octanol–water partition coefficient (Wildman–Crippen LogP) is 1.47. The molecule has 0 spiro atoms. The van der Waals surface area contributed by atoms with Gasteiger partial charge in [-0.15, -0.1) is 0 Å². The Bertz CT molecular complexity index is 326. The maximum absolute atomic E-state index is 11.6. The van der Waals surface area contributed by atoms with Crippen LogP contribution in [0.4, 0.5) is 0 Å². The normalized spacial score (nSPS) is 14.6. The summed E-state index contributed by atoms with van der Waals surface area (Å²) in [6.45, 7) is 6.99. The van der Waals surface area contributed by atoms with Crippen LogP contribution < -0.4 is 0 Å². The van der Waals surface area contributed by atoms with Crippen LogP contribution >= 0.6 is 0 Å². The van der Waals surface area contributed by atoms with Crippen LogP contribution in [-0.2, 0) is 23.8 Å². The lowest BCUT2D eigenvalue weighted by atomic mass is 10.1. The zero-order valence-electron chi connectivity index (χ0n) is 10.4. The van der Waals surface area contributed by atoms with Crippen LogP contribution in [0.2, 0.25) is 0 Å². The molecule has 0 saturated heterocycles. The van der Waals surface area contributed by atoms with E-state index in [2.05, 4.69) is 4.18 Å². The highest BCUT2D eigenvalue weighted by Crippen LogP contribution is 2.14. The lowest BCUT2D eigenvalue weighted by molar-refractivity contribution is -0.163. The summed E-state index contributed by atoms with van der Waals surface area (Å²) >= 11 is 0. The van der Waals surface area contributed by atoms with Crippen molar-refractivity contribution in [2.45, 2.75) is 52.2 Å². The van der Waals surface area contributed by atoms with E-state index in [1.165, 1.54) is 0 Å². The molecule has 0 aliphatic heterocycles. The van der Waals surface area contributed by atoms with Gasteiger partial charge >= 0.3 is 5.97 Å². The average Bonchev–Trinajstić information content (AvgIpc) is 1.97. The molecule has 0 N–H and O–H groups in total. The number of rotatable bonds is 5. The first-order valence-electron chi connectivity index (χ1n) is 5.16. The van der Waals surface area contributed by atoms with Gasteiger partial charge in [0.1, 0.15) is 5.60 Å². The third kappa shape index (κ3) is 7.64. The highest BCUT2D eigenvalue weighted by Gasteiger charge is 2.28. The van der Waals surface area contributed by atoms with Crippen LogP contribution in [0.1, 0.15) is 40.5 Å². The zero-order chi connectivity index (χ0) is 13.0. The van der Waals surface area contributed by atoms with E-state index in [4.69, 9.17) is 4.74 Å². The number of carbonyl (C=O) groups is 1. The molecule has 6 heteroatoms. The summed E-state index contributed by atoms with van der Waals surface area (Å²) in [4.78, 5) is 11.6. The van der Waals surface area contributed by atoms with Crippen molar-refractivity contribution < 1.29 is 22.1 Å². The van der Waals surface area contributed by atoms with Gasteiger partial charge in [-0.3, -0.25) is 4.18 Å². The van der Waals surface area contributed by atoms with Gasteiger partial charge in [-0.25, -0.2) is 4.79 Å². The summed E-state index contributed by atoms with van der Waals surface area (Å²) in [6.07, 6.45) is 0.834. The van der Waals surface area contributed by atoms with Crippen molar-refractivity contribution in [3.8, 4) is 0 Å². The van der Waals surface area contributed by atoms with Gasteiger partial charge in [0.25, 0.3) is 10.1 Å². The van der Waals surface area contributed by atoms with Gasteiger partial charge in [-0.2, -0.15) is 8.42 Å². The van der Waals surface area contributed by atoms with Gasteiger partial charge in [0.15, 0.2) is 6.10 Å². The Morgan fingerprint density at radius 3 is 2.12 bits per heavy atom. The van der Waals surface area contributed by atoms with Crippen molar-refractivity contribution in [3.05, 3.63) is 0 Å². The molecular formula is C10H20O5S.